The van der Waals surface area contributed by atoms with Gasteiger partial charge in [0.2, 0.25) is 0 Å². The van der Waals surface area contributed by atoms with Crippen molar-refractivity contribution in [1.29, 1.82) is 0 Å². The molecule has 3 heteroatoms. The Balaban J connectivity index is 3.17. The summed E-state index contributed by atoms with van der Waals surface area (Å²) in [5.74, 6) is 1.61. The molecule has 0 aliphatic heterocycles. The van der Waals surface area contributed by atoms with Gasteiger partial charge in [0.25, 0.3) is 0 Å². The second-order valence-corrected chi connectivity index (χ2v) is 5.91. The van der Waals surface area contributed by atoms with Crippen LogP contribution >= 0.6 is 11.6 Å². The minimum absolute atomic E-state index is 0.0700. The molecule has 0 aliphatic carbocycles. The maximum Gasteiger partial charge on any atom is 0.122 e. The van der Waals surface area contributed by atoms with Crippen LogP contribution in [0.4, 0.5) is 0 Å². The van der Waals surface area contributed by atoms with E-state index in [1.807, 2.05) is 7.05 Å². The molecule has 2 nitrogen and oxygen atoms in total. The zero-order chi connectivity index (χ0) is 13.8. The van der Waals surface area contributed by atoms with Gasteiger partial charge in [-0.15, -0.1) is 11.6 Å². The predicted molar refractivity (Wildman–Crippen MR) is 78.8 cm³/mol. The molecule has 1 unspecified atom stereocenters. The van der Waals surface area contributed by atoms with Gasteiger partial charge in [-0.2, -0.15) is 0 Å². The Labute approximate surface area is 116 Å². The second-order valence-electron chi connectivity index (χ2n) is 5.53. The number of alkyl halides is 1. The van der Waals surface area contributed by atoms with Crippen LogP contribution in [0.15, 0.2) is 18.2 Å². The number of ether oxygens (including phenoxy) is 1. The maximum atomic E-state index is 5.85. The van der Waals surface area contributed by atoms with Gasteiger partial charge in [-0.3, -0.25) is 0 Å². The molecule has 18 heavy (non-hydrogen) atoms. The van der Waals surface area contributed by atoms with E-state index >= 15 is 0 Å². The van der Waals surface area contributed by atoms with Crippen LogP contribution in [-0.2, 0) is 5.41 Å². The van der Waals surface area contributed by atoms with E-state index < -0.39 is 0 Å². The fourth-order valence-corrected chi connectivity index (χ4v) is 2.33. The zero-order valence-electron chi connectivity index (χ0n) is 12.0. The number of nitrogens with one attached hydrogen (secondary N) is 1. The van der Waals surface area contributed by atoms with Gasteiger partial charge in [-0.1, -0.05) is 32.9 Å². The minimum atomic E-state index is 0.0700. The van der Waals surface area contributed by atoms with Crippen LogP contribution in [-0.4, -0.2) is 20.0 Å². The van der Waals surface area contributed by atoms with Crippen molar-refractivity contribution >= 4 is 11.6 Å². The fourth-order valence-electron chi connectivity index (χ4n) is 2.12. The fraction of sp³-hybridized carbons (Fsp3) is 0.600. The van der Waals surface area contributed by atoms with Crippen molar-refractivity contribution in [3.8, 4) is 5.75 Å². The highest BCUT2D eigenvalue weighted by Gasteiger charge is 2.20. The first-order valence-corrected chi connectivity index (χ1v) is 6.89. The van der Waals surface area contributed by atoms with E-state index in [1.165, 1.54) is 11.1 Å². The van der Waals surface area contributed by atoms with E-state index in [0.29, 0.717) is 11.9 Å². The molecule has 1 N–H and O–H groups in total. The lowest BCUT2D eigenvalue weighted by Crippen LogP contribution is -2.19. The maximum absolute atomic E-state index is 5.85. The molecular formula is C15H24ClNO. The number of benzene rings is 1. The molecule has 1 rings (SSSR count). The third-order valence-electron chi connectivity index (χ3n) is 3.18. The summed E-state index contributed by atoms with van der Waals surface area (Å²) in [4.78, 5) is 0. The van der Waals surface area contributed by atoms with Crippen LogP contribution in [0.2, 0.25) is 0 Å². The molecule has 1 atom stereocenters. The lowest BCUT2D eigenvalue weighted by Gasteiger charge is -2.25. The summed E-state index contributed by atoms with van der Waals surface area (Å²) >= 11 is 5.85. The van der Waals surface area contributed by atoms with E-state index in [9.17, 15) is 0 Å². The minimum Gasteiger partial charge on any atom is -0.496 e. The molecule has 0 radical (unpaired) electrons. The third-order valence-corrected chi connectivity index (χ3v) is 3.40. The van der Waals surface area contributed by atoms with Gasteiger partial charge < -0.3 is 10.1 Å². The van der Waals surface area contributed by atoms with Crippen LogP contribution < -0.4 is 10.1 Å². The van der Waals surface area contributed by atoms with Gasteiger partial charge in [0.15, 0.2) is 0 Å². The van der Waals surface area contributed by atoms with Gasteiger partial charge in [-0.05, 0) is 36.1 Å². The first-order chi connectivity index (χ1) is 8.43. The third kappa shape index (κ3) is 3.63. The van der Waals surface area contributed by atoms with E-state index in [0.717, 1.165) is 12.2 Å². The second kappa shape index (κ2) is 6.44. The van der Waals surface area contributed by atoms with Crippen molar-refractivity contribution in [3.63, 3.8) is 0 Å². The smallest absolute Gasteiger partial charge is 0.122 e. The lowest BCUT2D eigenvalue weighted by molar-refractivity contribution is 0.396. The highest BCUT2D eigenvalue weighted by atomic mass is 35.5. The zero-order valence-corrected chi connectivity index (χ0v) is 12.8. The SMILES string of the molecule is CNC(CCCl)c1ccc(OC)c(C(C)(C)C)c1. The van der Waals surface area contributed by atoms with Crippen molar-refractivity contribution in [1.82, 2.24) is 5.32 Å². The van der Waals surface area contributed by atoms with Crippen LogP contribution in [0.5, 0.6) is 5.75 Å². The van der Waals surface area contributed by atoms with E-state index in [1.54, 1.807) is 7.11 Å². The quantitative estimate of drug-likeness (QED) is 0.819. The number of halogens is 1. The Morgan fingerprint density at radius 3 is 2.44 bits per heavy atom. The summed E-state index contributed by atoms with van der Waals surface area (Å²) in [7, 11) is 3.69. The van der Waals surface area contributed by atoms with Crippen molar-refractivity contribution in [3.05, 3.63) is 29.3 Å². The topological polar surface area (TPSA) is 21.3 Å². The summed E-state index contributed by atoms with van der Waals surface area (Å²) in [5, 5.41) is 3.31. The first kappa shape index (κ1) is 15.3. The summed E-state index contributed by atoms with van der Waals surface area (Å²) in [5.41, 5.74) is 2.57. The lowest BCUT2D eigenvalue weighted by atomic mass is 9.84. The summed E-state index contributed by atoms with van der Waals surface area (Å²) < 4.78 is 5.45. The molecule has 0 saturated carbocycles. The van der Waals surface area contributed by atoms with Gasteiger partial charge in [-0.25, -0.2) is 0 Å². The molecule has 0 aromatic heterocycles. The van der Waals surface area contributed by atoms with Gasteiger partial charge >= 0.3 is 0 Å². The number of hydrogen-bond donors (Lipinski definition) is 1. The first-order valence-electron chi connectivity index (χ1n) is 6.35. The van der Waals surface area contributed by atoms with Crippen molar-refractivity contribution in [2.75, 3.05) is 20.0 Å². The average molecular weight is 270 g/mol. The normalized spacial score (nSPS) is 13.4. The molecule has 0 spiro atoms. The molecule has 0 saturated heterocycles. The monoisotopic (exact) mass is 269 g/mol. The molecule has 0 aliphatic rings. The predicted octanol–water partition coefficient (Wildman–Crippen LogP) is 3.88. The largest absolute Gasteiger partial charge is 0.496 e. The molecule has 0 bridgehead atoms. The van der Waals surface area contributed by atoms with Crippen LogP contribution in [0.1, 0.15) is 44.4 Å². The van der Waals surface area contributed by atoms with Crippen molar-refractivity contribution in [2.24, 2.45) is 0 Å². The van der Waals surface area contributed by atoms with Crippen LogP contribution in [0.25, 0.3) is 0 Å². The van der Waals surface area contributed by atoms with Crippen LogP contribution in [0, 0.1) is 0 Å². The molecule has 0 fully saturated rings. The van der Waals surface area contributed by atoms with Crippen molar-refractivity contribution in [2.45, 2.75) is 38.6 Å². The van der Waals surface area contributed by atoms with Crippen molar-refractivity contribution < 1.29 is 4.74 Å². The summed E-state index contributed by atoms with van der Waals surface area (Å²) in [6.45, 7) is 6.60. The molecule has 1 aromatic rings. The summed E-state index contributed by atoms with van der Waals surface area (Å²) in [6, 6.07) is 6.69. The van der Waals surface area contributed by atoms with Gasteiger partial charge in [0.1, 0.15) is 5.75 Å². The van der Waals surface area contributed by atoms with Gasteiger partial charge in [0, 0.05) is 11.9 Å². The Morgan fingerprint density at radius 2 is 2.00 bits per heavy atom. The van der Waals surface area contributed by atoms with E-state index in [4.69, 9.17) is 16.3 Å². The average Bonchev–Trinajstić information content (AvgIpc) is 2.34. The Morgan fingerprint density at radius 1 is 1.33 bits per heavy atom. The highest BCUT2D eigenvalue weighted by Crippen LogP contribution is 2.33. The number of methoxy groups -OCH3 is 1. The number of hydrogen-bond acceptors (Lipinski definition) is 2. The standard InChI is InChI=1S/C15H24ClNO/c1-15(2,3)12-10-11(6-7-14(12)18-5)13(17-4)8-9-16/h6-7,10,13,17H,8-9H2,1-5H3. The molecule has 0 heterocycles. The molecule has 102 valence electrons. The molecule has 1 aromatic carbocycles. The summed E-state index contributed by atoms with van der Waals surface area (Å²) in [6.07, 6.45) is 0.925. The van der Waals surface area contributed by atoms with Gasteiger partial charge in [0.05, 0.1) is 7.11 Å². The van der Waals surface area contributed by atoms with Crippen LogP contribution in [0.3, 0.4) is 0 Å². The van der Waals surface area contributed by atoms with E-state index in [2.05, 4.69) is 44.3 Å². The Hall–Kier alpha value is -0.730. The number of rotatable bonds is 5. The highest BCUT2D eigenvalue weighted by molar-refractivity contribution is 6.17. The molecular weight excluding hydrogens is 246 g/mol. The Bertz CT molecular complexity index is 385. The molecule has 0 amide bonds. The Kier molecular flexibility index (Phi) is 5.48. The van der Waals surface area contributed by atoms with E-state index in [-0.39, 0.29) is 5.41 Å².